The topological polar surface area (TPSA) is 92.6 Å². The average Bonchev–Trinajstić information content (AvgIpc) is 2.69. The van der Waals surface area contributed by atoms with Crippen molar-refractivity contribution in [2.24, 2.45) is 0 Å². The summed E-state index contributed by atoms with van der Waals surface area (Å²) in [6.45, 7) is 3.83. The van der Waals surface area contributed by atoms with Gasteiger partial charge in [-0.2, -0.15) is 0 Å². The second kappa shape index (κ2) is 7.38. The van der Waals surface area contributed by atoms with Crippen LogP contribution in [-0.4, -0.2) is 43.0 Å². The number of nitrogens with zero attached hydrogens (tertiary/aromatic N) is 7. The molecule has 1 fully saturated rings. The van der Waals surface area contributed by atoms with Gasteiger partial charge in [-0.1, -0.05) is 0 Å². The number of anilines is 3. The molecule has 0 saturated carbocycles. The van der Waals surface area contributed by atoms with Crippen LogP contribution in [0.2, 0.25) is 0 Å². The van der Waals surface area contributed by atoms with Crippen molar-refractivity contribution >= 4 is 17.5 Å². The van der Waals surface area contributed by atoms with Crippen LogP contribution in [0.15, 0.2) is 43.2 Å². The van der Waals surface area contributed by atoms with Crippen LogP contribution >= 0.6 is 0 Å². The Morgan fingerprint density at radius 2 is 2.04 bits per heavy atom. The van der Waals surface area contributed by atoms with Gasteiger partial charge in [0.1, 0.15) is 29.6 Å². The predicted molar refractivity (Wildman–Crippen MR) is 98.3 cm³/mol. The fourth-order valence-corrected chi connectivity index (χ4v) is 3.20. The molecule has 0 bridgehead atoms. The van der Waals surface area contributed by atoms with Gasteiger partial charge in [0.15, 0.2) is 0 Å². The van der Waals surface area contributed by atoms with Crippen molar-refractivity contribution in [1.82, 2.24) is 29.9 Å². The summed E-state index contributed by atoms with van der Waals surface area (Å²) in [5.74, 6) is 3.49. The third-order valence-electron chi connectivity index (χ3n) is 4.37. The highest BCUT2D eigenvalue weighted by atomic mass is 15.2. The van der Waals surface area contributed by atoms with Gasteiger partial charge in [0.2, 0.25) is 0 Å². The zero-order valence-corrected chi connectivity index (χ0v) is 14.6. The Morgan fingerprint density at radius 3 is 2.85 bits per heavy atom. The minimum Gasteiger partial charge on any atom is -0.356 e. The number of nitrogens with one attached hydrogen (secondary N) is 1. The number of hydrogen-bond acceptors (Lipinski definition) is 8. The maximum atomic E-state index is 4.73. The number of aryl methyl sites for hydroxylation is 1. The van der Waals surface area contributed by atoms with Crippen molar-refractivity contribution in [1.29, 1.82) is 0 Å². The first-order valence-electron chi connectivity index (χ1n) is 8.67. The third-order valence-corrected chi connectivity index (χ3v) is 4.37. The summed E-state index contributed by atoms with van der Waals surface area (Å²) in [7, 11) is 0. The number of aromatic nitrogens is 6. The number of hydrogen-bond donors (Lipinski definition) is 1. The van der Waals surface area contributed by atoms with Crippen LogP contribution in [-0.2, 0) is 0 Å². The van der Waals surface area contributed by atoms with Crippen molar-refractivity contribution in [2.45, 2.75) is 25.7 Å². The van der Waals surface area contributed by atoms with Gasteiger partial charge in [0.05, 0.1) is 6.20 Å². The first-order chi connectivity index (χ1) is 12.8. The summed E-state index contributed by atoms with van der Waals surface area (Å²) in [6.07, 6.45) is 10.5. The highest BCUT2D eigenvalue weighted by molar-refractivity contribution is 5.50. The van der Waals surface area contributed by atoms with Crippen LogP contribution in [0.4, 0.5) is 17.5 Å². The molecule has 1 N–H and O–H groups in total. The van der Waals surface area contributed by atoms with Crippen LogP contribution in [0.25, 0.3) is 0 Å². The zero-order chi connectivity index (χ0) is 17.8. The molecule has 132 valence electrons. The van der Waals surface area contributed by atoms with Crippen molar-refractivity contribution in [3.8, 4) is 0 Å². The summed E-state index contributed by atoms with van der Waals surface area (Å²) in [5, 5.41) is 3.21. The van der Waals surface area contributed by atoms with E-state index in [0.29, 0.717) is 5.82 Å². The van der Waals surface area contributed by atoms with Crippen LogP contribution in [0, 0.1) is 6.92 Å². The van der Waals surface area contributed by atoms with E-state index in [1.807, 2.05) is 19.1 Å². The highest BCUT2D eigenvalue weighted by Crippen LogP contribution is 2.28. The zero-order valence-electron chi connectivity index (χ0n) is 14.6. The van der Waals surface area contributed by atoms with E-state index in [1.54, 1.807) is 31.1 Å². The van der Waals surface area contributed by atoms with Gasteiger partial charge in [-0.3, -0.25) is 4.98 Å². The maximum Gasteiger partial charge on any atom is 0.150 e. The highest BCUT2D eigenvalue weighted by Gasteiger charge is 2.25. The van der Waals surface area contributed by atoms with Gasteiger partial charge in [0.25, 0.3) is 0 Å². The van der Waals surface area contributed by atoms with E-state index in [2.05, 4.69) is 35.1 Å². The van der Waals surface area contributed by atoms with Crippen LogP contribution in [0.1, 0.15) is 30.3 Å². The van der Waals surface area contributed by atoms with Gasteiger partial charge < -0.3 is 10.2 Å². The molecule has 1 saturated heterocycles. The van der Waals surface area contributed by atoms with E-state index in [4.69, 9.17) is 4.98 Å². The first-order valence-corrected chi connectivity index (χ1v) is 8.67. The van der Waals surface area contributed by atoms with Crippen LogP contribution < -0.4 is 10.2 Å². The van der Waals surface area contributed by atoms with E-state index < -0.39 is 0 Å². The largest absolute Gasteiger partial charge is 0.356 e. The Balaban J connectivity index is 1.55. The monoisotopic (exact) mass is 348 g/mol. The first kappa shape index (κ1) is 16.3. The van der Waals surface area contributed by atoms with E-state index in [0.717, 1.165) is 49.1 Å². The van der Waals surface area contributed by atoms with Crippen molar-refractivity contribution in [3.05, 3.63) is 54.8 Å². The summed E-state index contributed by atoms with van der Waals surface area (Å²) in [4.78, 5) is 28.4. The molecule has 1 aliphatic rings. The molecule has 3 aromatic heterocycles. The Morgan fingerprint density at radius 1 is 1.08 bits per heavy atom. The lowest BCUT2D eigenvalue weighted by Gasteiger charge is -2.32. The number of rotatable bonds is 4. The Labute approximate surface area is 151 Å². The Bertz CT molecular complexity index is 856. The van der Waals surface area contributed by atoms with Crippen LogP contribution in [0.3, 0.4) is 0 Å². The molecular formula is C18H20N8. The van der Waals surface area contributed by atoms with Crippen LogP contribution in [0.5, 0.6) is 0 Å². The molecule has 0 amide bonds. The molecule has 0 aliphatic carbocycles. The smallest absolute Gasteiger partial charge is 0.150 e. The molecule has 4 heterocycles. The molecule has 0 spiro atoms. The quantitative estimate of drug-likeness (QED) is 0.769. The number of piperidine rings is 1. The summed E-state index contributed by atoms with van der Waals surface area (Å²) in [5.41, 5.74) is 0.931. The molecule has 0 radical (unpaired) electrons. The molecule has 4 rings (SSSR count). The third kappa shape index (κ3) is 3.74. The summed E-state index contributed by atoms with van der Waals surface area (Å²) >= 11 is 0. The van der Waals surface area contributed by atoms with Gasteiger partial charge in [-0.05, 0) is 25.8 Å². The molecule has 0 aromatic carbocycles. The van der Waals surface area contributed by atoms with E-state index in [9.17, 15) is 0 Å². The van der Waals surface area contributed by atoms with Gasteiger partial charge in [0, 0.05) is 49.4 Å². The second-order valence-electron chi connectivity index (χ2n) is 6.32. The van der Waals surface area contributed by atoms with Gasteiger partial charge in [-0.15, -0.1) is 0 Å². The van der Waals surface area contributed by atoms with Gasteiger partial charge in [-0.25, -0.2) is 24.9 Å². The van der Waals surface area contributed by atoms with E-state index in [1.165, 1.54) is 0 Å². The maximum absolute atomic E-state index is 4.73. The van der Waals surface area contributed by atoms with Gasteiger partial charge >= 0.3 is 0 Å². The lowest BCUT2D eigenvalue weighted by Crippen LogP contribution is -2.35. The second-order valence-corrected chi connectivity index (χ2v) is 6.32. The standard InChI is InChI=1S/C18H20N8/c1-13-9-15(24-16-10-19-6-7-21-16)25-18(23-13)14-3-2-8-26(11-14)17-4-5-20-12-22-17/h4-7,9-10,12,14H,2-3,8,11H2,1H3,(H,21,23,24,25). The lowest BCUT2D eigenvalue weighted by molar-refractivity contribution is 0.488. The molecule has 8 nitrogen and oxygen atoms in total. The minimum absolute atomic E-state index is 0.265. The Kier molecular flexibility index (Phi) is 4.63. The average molecular weight is 348 g/mol. The van der Waals surface area contributed by atoms with Crippen molar-refractivity contribution in [3.63, 3.8) is 0 Å². The predicted octanol–water partition coefficient (Wildman–Crippen LogP) is 2.49. The molecule has 3 aromatic rings. The molecule has 8 heteroatoms. The van der Waals surface area contributed by atoms with Crippen molar-refractivity contribution < 1.29 is 0 Å². The fourth-order valence-electron chi connectivity index (χ4n) is 3.20. The van der Waals surface area contributed by atoms with E-state index in [-0.39, 0.29) is 5.92 Å². The molecule has 1 aliphatic heterocycles. The van der Waals surface area contributed by atoms with Crippen molar-refractivity contribution in [2.75, 3.05) is 23.3 Å². The molecule has 26 heavy (non-hydrogen) atoms. The minimum atomic E-state index is 0.265. The lowest BCUT2D eigenvalue weighted by atomic mass is 9.97. The molecule has 1 atom stereocenters. The summed E-state index contributed by atoms with van der Waals surface area (Å²) < 4.78 is 0. The summed E-state index contributed by atoms with van der Waals surface area (Å²) in [6, 6.07) is 3.86. The fraction of sp³-hybridized carbons (Fsp3) is 0.333. The van der Waals surface area contributed by atoms with E-state index >= 15 is 0 Å². The SMILES string of the molecule is Cc1cc(Nc2cnccn2)nc(C2CCCN(c3ccncn3)C2)n1. The molecular weight excluding hydrogens is 328 g/mol. The Hall–Kier alpha value is -3.16. The molecule has 1 unspecified atom stereocenters. The normalized spacial score (nSPS) is 17.1.